The molecule has 3 heterocycles. The first-order valence-electron chi connectivity index (χ1n) is 5.70. The number of rotatable bonds is 2. The largest absolute Gasteiger partial charge is 0.444 e. The average Bonchev–Trinajstić information content (AvgIpc) is 3.02. The molecule has 15 heavy (non-hydrogen) atoms. The Morgan fingerprint density at radius 3 is 3.20 bits per heavy atom. The molecule has 1 N–H and O–H groups in total. The number of nitrogens with zero attached hydrogens (tertiary/aromatic N) is 1. The molecule has 0 radical (unpaired) electrons. The van der Waals surface area contributed by atoms with E-state index in [1.54, 1.807) is 0 Å². The quantitative estimate of drug-likeness (QED) is 0.836. The van der Waals surface area contributed by atoms with Crippen molar-refractivity contribution in [3.63, 3.8) is 0 Å². The van der Waals surface area contributed by atoms with E-state index in [9.17, 15) is 0 Å². The van der Waals surface area contributed by atoms with Gasteiger partial charge in [0.1, 0.15) is 5.76 Å². The number of hydrogen-bond acceptors (Lipinski definition) is 4. The Labute approximate surface area is 94.0 Å². The standard InChI is InChI=1S/C11H16N2OS/c1-2-9(12-4-1)11-13-6-10(14-11)8-3-5-15-7-8/h6,8-9,12H,1-5,7H2. The van der Waals surface area contributed by atoms with Crippen molar-refractivity contribution in [2.24, 2.45) is 0 Å². The van der Waals surface area contributed by atoms with Crippen LogP contribution in [0.15, 0.2) is 10.6 Å². The van der Waals surface area contributed by atoms with Crippen molar-refractivity contribution >= 4 is 11.8 Å². The zero-order valence-corrected chi connectivity index (χ0v) is 9.55. The summed E-state index contributed by atoms with van der Waals surface area (Å²) in [5.41, 5.74) is 0. The minimum absolute atomic E-state index is 0.368. The Hall–Kier alpha value is -0.480. The van der Waals surface area contributed by atoms with E-state index in [-0.39, 0.29) is 0 Å². The summed E-state index contributed by atoms with van der Waals surface area (Å²) in [6, 6.07) is 0.368. The van der Waals surface area contributed by atoms with Crippen LogP contribution in [0.25, 0.3) is 0 Å². The molecule has 0 aliphatic carbocycles. The highest BCUT2D eigenvalue weighted by Gasteiger charge is 2.25. The Balaban J connectivity index is 1.74. The second-order valence-corrected chi connectivity index (χ2v) is 5.46. The summed E-state index contributed by atoms with van der Waals surface area (Å²) >= 11 is 2.02. The first kappa shape index (κ1) is 9.73. The van der Waals surface area contributed by atoms with Gasteiger partial charge in [0.15, 0.2) is 0 Å². The first-order valence-corrected chi connectivity index (χ1v) is 6.86. The van der Waals surface area contributed by atoms with E-state index in [1.807, 2.05) is 18.0 Å². The highest BCUT2D eigenvalue weighted by molar-refractivity contribution is 7.99. The number of thioether (sulfide) groups is 1. The van der Waals surface area contributed by atoms with Crippen LogP contribution in [0.3, 0.4) is 0 Å². The molecule has 2 fully saturated rings. The van der Waals surface area contributed by atoms with Crippen LogP contribution in [0, 0.1) is 0 Å². The van der Waals surface area contributed by atoms with Crippen molar-refractivity contribution in [3.8, 4) is 0 Å². The van der Waals surface area contributed by atoms with E-state index in [0.717, 1.165) is 18.2 Å². The van der Waals surface area contributed by atoms with Crippen molar-refractivity contribution < 1.29 is 4.42 Å². The molecule has 3 rings (SSSR count). The topological polar surface area (TPSA) is 38.1 Å². The fourth-order valence-electron chi connectivity index (χ4n) is 2.30. The number of aromatic nitrogens is 1. The lowest BCUT2D eigenvalue weighted by molar-refractivity contribution is 0.391. The van der Waals surface area contributed by atoms with Crippen LogP contribution in [0.2, 0.25) is 0 Å². The Bertz CT molecular complexity index is 297. The normalized spacial score (nSPS) is 31.2. The van der Waals surface area contributed by atoms with Crippen LogP contribution in [0.5, 0.6) is 0 Å². The van der Waals surface area contributed by atoms with Crippen LogP contribution < -0.4 is 5.32 Å². The van der Waals surface area contributed by atoms with Crippen molar-refractivity contribution in [2.45, 2.75) is 31.2 Å². The molecule has 3 nitrogen and oxygen atoms in total. The molecule has 2 aliphatic rings. The maximum absolute atomic E-state index is 5.86. The lowest BCUT2D eigenvalue weighted by atomic mass is 10.1. The van der Waals surface area contributed by atoms with Gasteiger partial charge in [-0.2, -0.15) is 11.8 Å². The third-order valence-electron chi connectivity index (χ3n) is 3.23. The van der Waals surface area contributed by atoms with Crippen molar-refractivity contribution in [2.75, 3.05) is 18.1 Å². The fraction of sp³-hybridized carbons (Fsp3) is 0.727. The maximum atomic E-state index is 5.86. The summed E-state index contributed by atoms with van der Waals surface area (Å²) in [5.74, 6) is 5.08. The Kier molecular flexibility index (Phi) is 2.71. The Morgan fingerprint density at radius 1 is 1.47 bits per heavy atom. The minimum atomic E-state index is 0.368. The molecular formula is C11H16N2OS. The zero-order chi connectivity index (χ0) is 10.1. The fourth-order valence-corrected chi connectivity index (χ4v) is 3.54. The summed E-state index contributed by atoms with van der Waals surface area (Å²) < 4.78 is 5.86. The molecule has 2 atom stereocenters. The second-order valence-electron chi connectivity index (χ2n) is 4.31. The van der Waals surface area contributed by atoms with Gasteiger partial charge < -0.3 is 9.73 Å². The minimum Gasteiger partial charge on any atom is -0.444 e. The van der Waals surface area contributed by atoms with Gasteiger partial charge >= 0.3 is 0 Å². The molecule has 0 amide bonds. The van der Waals surface area contributed by atoms with E-state index < -0.39 is 0 Å². The second kappa shape index (κ2) is 4.18. The molecule has 1 aromatic heterocycles. The van der Waals surface area contributed by atoms with Crippen LogP contribution in [-0.2, 0) is 0 Å². The molecular weight excluding hydrogens is 208 g/mol. The monoisotopic (exact) mass is 224 g/mol. The highest BCUT2D eigenvalue weighted by Crippen LogP contribution is 2.34. The van der Waals surface area contributed by atoms with Gasteiger partial charge in [0, 0.05) is 11.7 Å². The van der Waals surface area contributed by atoms with Crippen LogP contribution in [-0.4, -0.2) is 23.0 Å². The molecule has 0 aromatic carbocycles. The Morgan fingerprint density at radius 2 is 2.47 bits per heavy atom. The van der Waals surface area contributed by atoms with Gasteiger partial charge in [-0.15, -0.1) is 0 Å². The van der Waals surface area contributed by atoms with E-state index in [2.05, 4.69) is 10.3 Å². The molecule has 0 bridgehead atoms. The maximum Gasteiger partial charge on any atom is 0.211 e. The lowest BCUT2D eigenvalue weighted by Crippen LogP contribution is -2.12. The van der Waals surface area contributed by atoms with Crippen molar-refractivity contribution in [1.29, 1.82) is 0 Å². The molecule has 4 heteroatoms. The molecule has 2 aliphatic heterocycles. The van der Waals surface area contributed by atoms with E-state index in [1.165, 1.54) is 30.8 Å². The van der Waals surface area contributed by atoms with Gasteiger partial charge in [0.2, 0.25) is 5.89 Å². The number of nitrogens with one attached hydrogen (secondary N) is 1. The zero-order valence-electron chi connectivity index (χ0n) is 8.74. The molecule has 2 unspecified atom stereocenters. The summed E-state index contributed by atoms with van der Waals surface area (Å²) in [4.78, 5) is 4.40. The van der Waals surface area contributed by atoms with E-state index >= 15 is 0 Å². The summed E-state index contributed by atoms with van der Waals surface area (Å²) in [7, 11) is 0. The highest BCUT2D eigenvalue weighted by atomic mass is 32.2. The molecule has 1 aromatic rings. The van der Waals surface area contributed by atoms with Gasteiger partial charge in [0.25, 0.3) is 0 Å². The third kappa shape index (κ3) is 1.93. The predicted octanol–water partition coefficient (Wildman–Crippen LogP) is 2.32. The van der Waals surface area contributed by atoms with Gasteiger partial charge in [0.05, 0.1) is 12.2 Å². The van der Waals surface area contributed by atoms with Crippen molar-refractivity contribution in [1.82, 2.24) is 10.3 Å². The predicted molar refractivity (Wildman–Crippen MR) is 61.2 cm³/mol. The number of hydrogen-bond donors (Lipinski definition) is 1. The molecule has 2 saturated heterocycles. The first-order chi connectivity index (χ1) is 7.43. The van der Waals surface area contributed by atoms with Crippen LogP contribution in [0.4, 0.5) is 0 Å². The smallest absolute Gasteiger partial charge is 0.211 e. The molecule has 82 valence electrons. The molecule has 0 saturated carbocycles. The molecule has 0 spiro atoms. The van der Waals surface area contributed by atoms with E-state index in [0.29, 0.717) is 12.0 Å². The summed E-state index contributed by atoms with van der Waals surface area (Å²) in [6.45, 7) is 1.10. The van der Waals surface area contributed by atoms with Crippen molar-refractivity contribution in [3.05, 3.63) is 17.8 Å². The van der Waals surface area contributed by atoms with Crippen LogP contribution in [0.1, 0.15) is 42.9 Å². The average molecular weight is 224 g/mol. The summed E-state index contributed by atoms with van der Waals surface area (Å²) in [6.07, 6.45) is 5.59. The van der Waals surface area contributed by atoms with Gasteiger partial charge in [-0.25, -0.2) is 4.98 Å². The van der Waals surface area contributed by atoms with Gasteiger partial charge in [-0.3, -0.25) is 0 Å². The van der Waals surface area contributed by atoms with Gasteiger partial charge in [-0.1, -0.05) is 0 Å². The third-order valence-corrected chi connectivity index (χ3v) is 4.39. The summed E-state index contributed by atoms with van der Waals surface area (Å²) in [5, 5.41) is 3.42. The van der Waals surface area contributed by atoms with Gasteiger partial charge in [-0.05, 0) is 31.6 Å². The van der Waals surface area contributed by atoms with Crippen LogP contribution >= 0.6 is 11.8 Å². The lowest BCUT2D eigenvalue weighted by Gasteiger charge is -2.05. The number of oxazole rings is 1. The van der Waals surface area contributed by atoms with E-state index in [4.69, 9.17) is 4.42 Å². The SMILES string of the molecule is c1nc(C2CCCN2)oc1C1CCSC1.